The van der Waals surface area contributed by atoms with Crippen LogP contribution in [0.25, 0.3) is 0 Å². The zero-order valence-corrected chi connectivity index (χ0v) is 10.5. The molecule has 0 bridgehead atoms. The highest BCUT2D eigenvalue weighted by atomic mass is 35.5. The van der Waals surface area contributed by atoms with E-state index in [4.69, 9.17) is 17.3 Å². The van der Waals surface area contributed by atoms with Gasteiger partial charge >= 0.3 is 0 Å². The van der Waals surface area contributed by atoms with Crippen molar-refractivity contribution in [3.63, 3.8) is 0 Å². The van der Waals surface area contributed by atoms with Gasteiger partial charge in [0.25, 0.3) is 0 Å². The Morgan fingerprint density at radius 3 is 2.89 bits per heavy atom. The fraction of sp³-hybridized carbons (Fsp3) is 0.167. The topological polar surface area (TPSA) is 63.8 Å². The number of nitrogens with zero attached hydrogens (tertiary/aromatic N) is 2. The van der Waals surface area contributed by atoms with Gasteiger partial charge in [0.15, 0.2) is 0 Å². The third-order valence-electron chi connectivity index (χ3n) is 2.51. The Morgan fingerprint density at radius 2 is 2.17 bits per heavy atom. The molecule has 0 saturated heterocycles. The van der Waals surface area contributed by atoms with E-state index >= 15 is 0 Å². The van der Waals surface area contributed by atoms with Gasteiger partial charge in [-0.1, -0.05) is 18.5 Å². The van der Waals surface area contributed by atoms with Gasteiger partial charge in [-0.3, -0.25) is 0 Å². The summed E-state index contributed by atoms with van der Waals surface area (Å²) in [7, 11) is 0. The Morgan fingerprint density at radius 1 is 1.39 bits per heavy atom. The lowest BCUT2D eigenvalue weighted by Gasteiger charge is -2.11. The monoisotopic (exact) mass is 266 g/mol. The number of rotatable bonds is 3. The SMILES string of the molecule is CCc1c(N)ncnc1Nc1cc(Cl)ccc1F. The average molecular weight is 267 g/mol. The minimum absolute atomic E-state index is 0.260. The van der Waals surface area contributed by atoms with Crippen LogP contribution in [-0.2, 0) is 6.42 Å². The first kappa shape index (κ1) is 12.6. The second-order valence-electron chi connectivity index (χ2n) is 3.69. The summed E-state index contributed by atoms with van der Waals surface area (Å²) < 4.78 is 13.6. The fourth-order valence-electron chi connectivity index (χ4n) is 1.60. The van der Waals surface area contributed by atoms with Gasteiger partial charge in [0.1, 0.15) is 23.8 Å². The molecule has 3 N–H and O–H groups in total. The number of nitrogens with two attached hydrogens (primary N) is 1. The first-order valence-electron chi connectivity index (χ1n) is 5.43. The lowest BCUT2D eigenvalue weighted by atomic mass is 10.2. The van der Waals surface area contributed by atoms with Crippen molar-refractivity contribution in [1.82, 2.24) is 9.97 Å². The van der Waals surface area contributed by atoms with Crippen LogP contribution < -0.4 is 11.1 Å². The van der Waals surface area contributed by atoms with Crippen LogP contribution in [0.15, 0.2) is 24.5 Å². The number of nitrogen functional groups attached to an aromatic ring is 1. The Bertz CT molecular complexity index is 574. The van der Waals surface area contributed by atoms with Gasteiger partial charge in [-0.05, 0) is 24.6 Å². The zero-order chi connectivity index (χ0) is 13.1. The largest absolute Gasteiger partial charge is 0.383 e. The molecule has 18 heavy (non-hydrogen) atoms. The summed E-state index contributed by atoms with van der Waals surface area (Å²) in [4.78, 5) is 7.96. The van der Waals surface area contributed by atoms with Crippen LogP contribution in [0.5, 0.6) is 0 Å². The Kier molecular flexibility index (Phi) is 3.62. The second kappa shape index (κ2) is 5.18. The molecule has 0 amide bonds. The van der Waals surface area contributed by atoms with Crippen molar-refractivity contribution in [1.29, 1.82) is 0 Å². The average Bonchev–Trinajstić information content (AvgIpc) is 2.34. The molecule has 0 radical (unpaired) electrons. The minimum Gasteiger partial charge on any atom is -0.383 e. The number of anilines is 3. The van der Waals surface area contributed by atoms with E-state index in [1.165, 1.54) is 24.5 Å². The quantitative estimate of drug-likeness (QED) is 0.896. The summed E-state index contributed by atoms with van der Waals surface area (Å²) in [6.45, 7) is 1.93. The van der Waals surface area contributed by atoms with E-state index in [2.05, 4.69) is 15.3 Å². The van der Waals surface area contributed by atoms with Crippen molar-refractivity contribution < 1.29 is 4.39 Å². The number of aromatic nitrogens is 2. The van der Waals surface area contributed by atoms with Gasteiger partial charge in [0.2, 0.25) is 0 Å². The molecule has 0 aliphatic heterocycles. The number of benzene rings is 1. The molecule has 0 unspecified atom stereocenters. The highest BCUT2D eigenvalue weighted by molar-refractivity contribution is 6.30. The number of hydrogen-bond acceptors (Lipinski definition) is 4. The van der Waals surface area contributed by atoms with Gasteiger partial charge in [-0.2, -0.15) is 0 Å². The van der Waals surface area contributed by atoms with E-state index < -0.39 is 5.82 Å². The fourth-order valence-corrected chi connectivity index (χ4v) is 1.78. The predicted octanol–water partition coefficient (Wildman–Crippen LogP) is 3.16. The van der Waals surface area contributed by atoms with Gasteiger partial charge in [0, 0.05) is 10.6 Å². The van der Waals surface area contributed by atoms with E-state index in [0.717, 1.165) is 5.56 Å². The molecule has 4 nitrogen and oxygen atoms in total. The summed E-state index contributed by atoms with van der Waals surface area (Å²) in [5.74, 6) is 0.474. The van der Waals surface area contributed by atoms with Crippen molar-refractivity contribution >= 4 is 28.9 Å². The molecule has 1 aromatic carbocycles. The second-order valence-corrected chi connectivity index (χ2v) is 4.13. The van der Waals surface area contributed by atoms with E-state index in [1.54, 1.807) is 0 Å². The Labute approximate surface area is 109 Å². The van der Waals surface area contributed by atoms with Crippen LogP contribution in [0, 0.1) is 5.82 Å². The van der Waals surface area contributed by atoms with Crippen LogP contribution in [0.2, 0.25) is 5.02 Å². The van der Waals surface area contributed by atoms with Crippen molar-refractivity contribution in [3.8, 4) is 0 Å². The summed E-state index contributed by atoms with van der Waals surface area (Å²) in [5.41, 5.74) is 6.75. The van der Waals surface area contributed by atoms with Crippen molar-refractivity contribution in [3.05, 3.63) is 40.9 Å². The van der Waals surface area contributed by atoms with E-state index in [0.29, 0.717) is 23.1 Å². The van der Waals surface area contributed by atoms with Gasteiger partial charge in [-0.15, -0.1) is 0 Å². The maximum Gasteiger partial charge on any atom is 0.146 e. The van der Waals surface area contributed by atoms with E-state index in [-0.39, 0.29) is 5.69 Å². The molecule has 2 aromatic rings. The Hall–Kier alpha value is -1.88. The zero-order valence-electron chi connectivity index (χ0n) is 9.74. The van der Waals surface area contributed by atoms with Crippen LogP contribution in [0.4, 0.5) is 21.7 Å². The molecule has 0 spiro atoms. The lowest BCUT2D eigenvalue weighted by Crippen LogP contribution is -2.05. The van der Waals surface area contributed by atoms with Crippen LogP contribution in [-0.4, -0.2) is 9.97 Å². The highest BCUT2D eigenvalue weighted by Crippen LogP contribution is 2.26. The maximum absolute atomic E-state index is 13.6. The predicted molar refractivity (Wildman–Crippen MR) is 70.5 cm³/mol. The molecule has 0 aliphatic carbocycles. The first-order chi connectivity index (χ1) is 8.61. The number of nitrogens with one attached hydrogen (secondary N) is 1. The Balaban J connectivity index is 2.40. The summed E-state index contributed by atoms with van der Waals surface area (Å²) >= 11 is 5.82. The van der Waals surface area contributed by atoms with Crippen molar-refractivity contribution in [2.45, 2.75) is 13.3 Å². The molecule has 0 aliphatic rings. The van der Waals surface area contributed by atoms with Crippen molar-refractivity contribution in [2.75, 3.05) is 11.1 Å². The van der Waals surface area contributed by atoms with Gasteiger partial charge in [0.05, 0.1) is 5.69 Å². The third kappa shape index (κ3) is 2.51. The molecular formula is C12H12ClFN4. The first-order valence-corrected chi connectivity index (χ1v) is 5.81. The molecule has 6 heteroatoms. The molecule has 1 heterocycles. The molecule has 0 atom stereocenters. The van der Waals surface area contributed by atoms with Crippen LogP contribution in [0.1, 0.15) is 12.5 Å². The summed E-state index contributed by atoms with van der Waals surface area (Å²) in [5, 5.41) is 3.33. The summed E-state index contributed by atoms with van der Waals surface area (Å²) in [6, 6.07) is 4.27. The van der Waals surface area contributed by atoms with Crippen molar-refractivity contribution in [2.24, 2.45) is 0 Å². The molecule has 0 fully saturated rings. The molecule has 1 aromatic heterocycles. The molecule has 94 valence electrons. The number of hydrogen-bond donors (Lipinski definition) is 2. The van der Waals surface area contributed by atoms with Gasteiger partial charge in [-0.25, -0.2) is 14.4 Å². The standard InChI is InChI=1S/C12H12ClFN4/c1-2-8-11(15)16-6-17-12(8)18-10-5-7(13)3-4-9(10)14/h3-6H,2H2,1H3,(H3,15,16,17,18). The van der Waals surface area contributed by atoms with E-state index in [1.807, 2.05) is 6.92 Å². The van der Waals surface area contributed by atoms with Crippen LogP contribution in [0.3, 0.4) is 0 Å². The van der Waals surface area contributed by atoms with E-state index in [9.17, 15) is 4.39 Å². The van der Waals surface area contributed by atoms with Gasteiger partial charge < -0.3 is 11.1 Å². The lowest BCUT2D eigenvalue weighted by molar-refractivity contribution is 0.632. The smallest absolute Gasteiger partial charge is 0.146 e. The summed E-state index contributed by atoms with van der Waals surface area (Å²) in [6.07, 6.45) is 1.98. The highest BCUT2D eigenvalue weighted by Gasteiger charge is 2.10. The molecular weight excluding hydrogens is 255 g/mol. The third-order valence-corrected chi connectivity index (χ3v) is 2.75. The van der Waals surface area contributed by atoms with Crippen LogP contribution >= 0.6 is 11.6 Å². The normalized spacial score (nSPS) is 10.4. The maximum atomic E-state index is 13.6. The minimum atomic E-state index is -0.404. The number of halogens is 2. The molecule has 2 rings (SSSR count). The molecule has 0 saturated carbocycles.